The van der Waals surface area contributed by atoms with Crippen LogP contribution in [0.5, 0.6) is 0 Å². The maximum atomic E-state index is 12.0. The predicted octanol–water partition coefficient (Wildman–Crippen LogP) is 3.64. The second-order valence-corrected chi connectivity index (χ2v) is 9.66. The highest BCUT2D eigenvalue weighted by molar-refractivity contribution is 5.92. The molecule has 9 nitrogen and oxygen atoms in total. The van der Waals surface area contributed by atoms with E-state index >= 15 is 0 Å². The standard InChI is InChI=1S/C28H36N2O7/c1-35-18-23-3-2-14-30(23)16-24-15-25(20-6-4-19(17-31)5-7-20)37-28(36-24)21-8-10-22(11-9-21)29-26(32)12-13-27(33)34/h4-11,23-25,28,31H,2-3,12-18H2,1H3,(H,29,32)(H,33,34). The van der Waals surface area contributed by atoms with E-state index < -0.39 is 12.3 Å². The van der Waals surface area contributed by atoms with Gasteiger partial charge in [0.25, 0.3) is 0 Å². The van der Waals surface area contributed by atoms with Crippen molar-refractivity contribution in [3.8, 4) is 0 Å². The van der Waals surface area contributed by atoms with Crippen molar-refractivity contribution in [2.45, 2.75) is 63.3 Å². The number of carbonyl (C=O) groups is 2. The first-order chi connectivity index (χ1) is 17.9. The second-order valence-electron chi connectivity index (χ2n) is 9.66. The van der Waals surface area contributed by atoms with E-state index in [-0.39, 0.29) is 37.6 Å². The van der Waals surface area contributed by atoms with Gasteiger partial charge in [-0.2, -0.15) is 0 Å². The van der Waals surface area contributed by atoms with E-state index in [1.807, 2.05) is 36.4 Å². The Morgan fingerprint density at radius 1 is 1.05 bits per heavy atom. The SMILES string of the molecule is COCC1CCCN1CC1CC(c2ccc(CO)cc2)OC(c2ccc(NC(=O)CCC(=O)O)cc2)O1. The average molecular weight is 513 g/mol. The first kappa shape index (κ1) is 27.2. The molecule has 4 atom stereocenters. The van der Waals surface area contributed by atoms with Gasteiger partial charge in [0.1, 0.15) is 0 Å². The highest BCUT2D eigenvalue weighted by Crippen LogP contribution is 2.39. The average Bonchev–Trinajstić information content (AvgIpc) is 3.34. The minimum atomic E-state index is -1.00. The topological polar surface area (TPSA) is 118 Å². The summed E-state index contributed by atoms with van der Waals surface area (Å²) < 4.78 is 18.3. The molecule has 0 spiro atoms. The molecule has 2 fully saturated rings. The van der Waals surface area contributed by atoms with E-state index in [4.69, 9.17) is 19.3 Å². The van der Waals surface area contributed by atoms with Crippen LogP contribution in [0.25, 0.3) is 0 Å². The molecular formula is C28H36N2O7. The molecule has 2 saturated heterocycles. The molecule has 2 heterocycles. The number of aliphatic hydroxyl groups is 1. The fraction of sp³-hybridized carbons (Fsp3) is 0.500. The van der Waals surface area contributed by atoms with Gasteiger partial charge in [-0.1, -0.05) is 36.4 Å². The summed E-state index contributed by atoms with van der Waals surface area (Å²) in [5, 5.41) is 20.9. The van der Waals surface area contributed by atoms with Gasteiger partial charge in [-0.15, -0.1) is 0 Å². The van der Waals surface area contributed by atoms with Crippen LogP contribution < -0.4 is 5.32 Å². The molecule has 1 amide bonds. The fourth-order valence-electron chi connectivity index (χ4n) is 4.98. The summed E-state index contributed by atoms with van der Waals surface area (Å²) in [7, 11) is 1.74. The van der Waals surface area contributed by atoms with Crippen LogP contribution in [0.1, 0.15) is 61.2 Å². The van der Waals surface area contributed by atoms with Gasteiger partial charge < -0.3 is 29.7 Å². The number of aliphatic hydroxyl groups excluding tert-OH is 1. The lowest BCUT2D eigenvalue weighted by molar-refractivity contribution is -0.253. The van der Waals surface area contributed by atoms with Gasteiger partial charge in [0, 0.05) is 43.8 Å². The molecule has 9 heteroatoms. The second kappa shape index (κ2) is 13.1. The number of anilines is 1. The van der Waals surface area contributed by atoms with Crippen LogP contribution in [-0.4, -0.2) is 65.9 Å². The third kappa shape index (κ3) is 7.59. The van der Waals surface area contributed by atoms with Crippen LogP contribution >= 0.6 is 0 Å². The number of aliphatic carboxylic acids is 1. The summed E-state index contributed by atoms with van der Waals surface area (Å²) >= 11 is 0. The maximum Gasteiger partial charge on any atom is 0.303 e. The lowest BCUT2D eigenvalue weighted by atomic mass is 9.99. The van der Waals surface area contributed by atoms with Crippen molar-refractivity contribution in [1.82, 2.24) is 4.90 Å². The molecule has 0 saturated carbocycles. The van der Waals surface area contributed by atoms with Crippen LogP contribution in [0, 0.1) is 0 Å². The number of hydrogen-bond donors (Lipinski definition) is 3. The van der Waals surface area contributed by atoms with E-state index in [2.05, 4.69) is 10.2 Å². The van der Waals surface area contributed by atoms with Crippen molar-refractivity contribution >= 4 is 17.6 Å². The fourth-order valence-corrected chi connectivity index (χ4v) is 4.98. The van der Waals surface area contributed by atoms with Crippen LogP contribution in [-0.2, 0) is 30.4 Å². The lowest BCUT2D eigenvalue weighted by Crippen LogP contribution is -2.42. The first-order valence-corrected chi connectivity index (χ1v) is 12.8. The predicted molar refractivity (Wildman–Crippen MR) is 137 cm³/mol. The van der Waals surface area contributed by atoms with Crippen molar-refractivity contribution in [3.63, 3.8) is 0 Å². The lowest BCUT2D eigenvalue weighted by Gasteiger charge is -2.38. The van der Waals surface area contributed by atoms with Gasteiger partial charge in [0.15, 0.2) is 6.29 Å². The van der Waals surface area contributed by atoms with Gasteiger partial charge in [-0.25, -0.2) is 0 Å². The Bertz CT molecular complexity index is 1030. The molecule has 0 aromatic heterocycles. The Hall–Kier alpha value is -2.82. The van der Waals surface area contributed by atoms with Crippen molar-refractivity contribution in [3.05, 3.63) is 65.2 Å². The van der Waals surface area contributed by atoms with E-state index in [1.54, 1.807) is 19.2 Å². The molecule has 4 rings (SSSR count). The number of rotatable bonds is 11. The van der Waals surface area contributed by atoms with Gasteiger partial charge >= 0.3 is 5.97 Å². The number of carbonyl (C=O) groups excluding carboxylic acids is 1. The van der Waals surface area contributed by atoms with Crippen molar-refractivity contribution < 1.29 is 34.0 Å². The van der Waals surface area contributed by atoms with Gasteiger partial charge in [0.05, 0.1) is 31.8 Å². The zero-order valence-electron chi connectivity index (χ0n) is 21.2. The van der Waals surface area contributed by atoms with Crippen molar-refractivity contribution in [2.75, 3.05) is 32.1 Å². The van der Waals surface area contributed by atoms with Crippen LogP contribution in [0.3, 0.4) is 0 Å². The summed E-state index contributed by atoms with van der Waals surface area (Å²) in [5.74, 6) is -1.35. The number of likely N-dealkylation sites (tertiary alicyclic amines) is 1. The van der Waals surface area contributed by atoms with E-state index in [0.717, 1.165) is 42.6 Å². The van der Waals surface area contributed by atoms with E-state index in [1.165, 1.54) is 0 Å². The maximum absolute atomic E-state index is 12.0. The Morgan fingerprint density at radius 3 is 2.46 bits per heavy atom. The summed E-state index contributed by atoms with van der Waals surface area (Å²) in [5.41, 5.74) is 3.30. The third-order valence-electron chi connectivity index (χ3n) is 6.94. The van der Waals surface area contributed by atoms with Crippen LogP contribution in [0.15, 0.2) is 48.5 Å². The number of carboxylic acid groups (broad SMARTS) is 1. The number of hydrogen-bond acceptors (Lipinski definition) is 7. The zero-order chi connectivity index (χ0) is 26.2. The molecule has 2 aromatic carbocycles. The summed E-state index contributed by atoms with van der Waals surface area (Å²) in [4.78, 5) is 25.1. The molecule has 0 radical (unpaired) electrons. The van der Waals surface area contributed by atoms with E-state index in [9.17, 15) is 14.7 Å². The molecule has 37 heavy (non-hydrogen) atoms. The Morgan fingerprint density at radius 2 is 1.78 bits per heavy atom. The molecule has 3 N–H and O–H groups in total. The van der Waals surface area contributed by atoms with Crippen molar-refractivity contribution in [1.29, 1.82) is 0 Å². The number of methoxy groups -OCH3 is 1. The highest BCUT2D eigenvalue weighted by atomic mass is 16.7. The number of benzene rings is 2. The molecule has 4 unspecified atom stereocenters. The largest absolute Gasteiger partial charge is 0.481 e. The number of amides is 1. The number of nitrogens with zero attached hydrogens (tertiary/aromatic N) is 1. The quantitative estimate of drug-likeness (QED) is 0.418. The normalized spacial score (nSPS) is 24.2. The summed E-state index contributed by atoms with van der Waals surface area (Å²) in [6.07, 6.45) is 1.88. The van der Waals surface area contributed by atoms with Crippen molar-refractivity contribution in [2.24, 2.45) is 0 Å². The highest BCUT2D eigenvalue weighted by Gasteiger charge is 2.35. The third-order valence-corrected chi connectivity index (χ3v) is 6.94. The molecule has 0 bridgehead atoms. The van der Waals surface area contributed by atoms with Crippen LogP contribution in [0.4, 0.5) is 5.69 Å². The van der Waals surface area contributed by atoms with E-state index in [0.29, 0.717) is 24.8 Å². The van der Waals surface area contributed by atoms with Gasteiger partial charge in [-0.3, -0.25) is 14.5 Å². The van der Waals surface area contributed by atoms with Gasteiger partial charge in [-0.05, 0) is 42.6 Å². The number of ether oxygens (including phenoxy) is 3. The zero-order valence-corrected chi connectivity index (χ0v) is 21.2. The molecule has 2 aliphatic rings. The summed E-state index contributed by atoms with van der Waals surface area (Å²) in [6.45, 7) is 2.51. The molecular weight excluding hydrogens is 476 g/mol. The number of carboxylic acids is 1. The molecule has 200 valence electrons. The Labute approximate surface area is 217 Å². The monoisotopic (exact) mass is 512 g/mol. The Kier molecular flexibility index (Phi) is 9.65. The smallest absolute Gasteiger partial charge is 0.303 e. The van der Waals surface area contributed by atoms with Crippen LogP contribution in [0.2, 0.25) is 0 Å². The molecule has 2 aliphatic heterocycles. The molecule has 0 aliphatic carbocycles. The molecule has 2 aromatic rings. The minimum Gasteiger partial charge on any atom is -0.481 e. The first-order valence-electron chi connectivity index (χ1n) is 12.8. The van der Waals surface area contributed by atoms with Gasteiger partial charge in [0.2, 0.25) is 5.91 Å². The minimum absolute atomic E-state index is 0.00475. The Balaban J connectivity index is 1.47. The number of nitrogens with one attached hydrogen (secondary N) is 1. The summed E-state index contributed by atoms with van der Waals surface area (Å²) in [6, 6.07) is 15.5.